The largest absolute Gasteiger partial charge is 0.494 e. The number of carbonyl (C=O) groups is 2. The minimum atomic E-state index is -0.243. The number of likely N-dealkylation sites (tertiary alicyclic amines) is 1. The average Bonchev–Trinajstić information content (AvgIpc) is 3.54. The van der Waals surface area contributed by atoms with Crippen LogP contribution in [0.2, 0.25) is 0 Å². The second-order valence-electron chi connectivity index (χ2n) is 12.9. The van der Waals surface area contributed by atoms with Gasteiger partial charge >= 0.3 is 0 Å². The first kappa shape index (κ1) is 28.8. The molecule has 1 aliphatic carbocycles. The van der Waals surface area contributed by atoms with Crippen LogP contribution < -0.4 is 15.8 Å². The van der Waals surface area contributed by atoms with Gasteiger partial charge in [-0.1, -0.05) is 0 Å². The number of nitrogens with one attached hydrogen (secondary N) is 1. The maximum absolute atomic E-state index is 13.5. The Hall–Kier alpha value is -3.96. The van der Waals surface area contributed by atoms with Gasteiger partial charge in [0.25, 0.3) is 5.91 Å². The first-order chi connectivity index (χ1) is 21.2. The quantitative estimate of drug-likeness (QED) is 0.367. The molecule has 7 rings (SSSR count). The molecule has 2 aliphatic heterocycles. The molecular formula is C33H41N7O4. The molecule has 0 radical (unpaired) electrons. The van der Waals surface area contributed by atoms with E-state index in [9.17, 15) is 9.59 Å². The van der Waals surface area contributed by atoms with Crippen molar-refractivity contribution in [2.24, 2.45) is 24.6 Å². The van der Waals surface area contributed by atoms with E-state index in [2.05, 4.69) is 22.0 Å². The second-order valence-corrected chi connectivity index (χ2v) is 12.9. The fourth-order valence-corrected chi connectivity index (χ4v) is 6.90. The van der Waals surface area contributed by atoms with Gasteiger partial charge in [-0.05, 0) is 75.3 Å². The number of benzene rings is 1. The van der Waals surface area contributed by atoms with Gasteiger partial charge in [0.1, 0.15) is 16.9 Å². The summed E-state index contributed by atoms with van der Waals surface area (Å²) in [6.45, 7) is 6.60. The van der Waals surface area contributed by atoms with Crippen LogP contribution >= 0.6 is 0 Å². The Balaban J connectivity index is 1.32. The molecule has 3 aliphatic rings. The van der Waals surface area contributed by atoms with E-state index in [1.807, 2.05) is 48.6 Å². The minimum Gasteiger partial charge on any atom is -0.494 e. The molecule has 4 aromatic rings. The van der Waals surface area contributed by atoms with Crippen LogP contribution in [0.1, 0.15) is 61.6 Å². The maximum Gasteiger partial charge on any atom is 0.254 e. The summed E-state index contributed by atoms with van der Waals surface area (Å²) in [7, 11) is 3.61. The Bertz CT molecular complexity index is 1760. The van der Waals surface area contributed by atoms with E-state index >= 15 is 0 Å². The summed E-state index contributed by atoms with van der Waals surface area (Å²) < 4.78 is 16.2. The summed E-state index contributed by atoms with van der Waals surface area (Å²) >= 11 is 0. The number of aromatic nitrogens is 4. The summed E-state index contributed by atoms with van der Waals surface area (Å²) in [6.07, 6.45) is 3.09. The van der Waals surface area contributed by atoms with Crippen molar-refractivity contribution in [2.45, 2.75) is 64.3 Å². The molecule has 232 valence electrons. The topological polar surface area (TPSA) is 130 Å². The van der Waals surface area contributed by atoms with E-state index in [-0.39, 0.29) is 30.0 Å². The zero-order chi connectivity index (χ0) is 30.7. The Morgan fingerprint density at radius 3 is 2.77 bits per heavy atom. The SMILES string of the molecule is COc1cc(C(=O)N2CCC[C@@H](N)C2)cc2nc(-c3cc4ccc5nc4n3C[C@@H]3C[C@H]3CO[C@@H](C)CC(=O)N[C@@H]5C)n(C)c12. The van der Waals surface area contributed by atoms with Crippen LogP contribution in [0.15, 0.2) is 30.3 Å². The van der Waals surface area contributed by atoms with Crippen LogP contribution in [0.3, 0.4) is 0 Å². The van der Waals surface area contributed by atoms with Crippen molar-refractivity contribution < 1.29 is 19.1 Å². The highest BCUT2D eigenvalue weighted by molar-refractivity contribution is 6.00. The van der Waals surface area contributed by atoms with Crippen molar-refractivity contribution in [3.05, 3.63) is 41.6 Å². The number of nitrogens with zero attached hydrogens (tertiary/aromatic N) is 5. The fraction of sp³-hybridized carbons (Fsp3) is 0.515. The molecule has 2 fully saturated rings. The van der Waals surface area contributed by atoms with E-state index in [0.29, 0.717) is 54.8 Å². The van der Waals surface area contributed by atoms with E-state index in [0.717, 1.165) is 59.6 Å². The number of amides is 2. The van der Waals surface area contributed by atoms with Gasteiger partial charge in [0.15, 0.2) is 5.82 Å². The van der Waals surface area contributed by atoms with Crippen molar-refractivity contribution in [1.29, 1.82) is 0 Å². The number of methoxy groups -OCH3 is 1. The maximum atomic E-state index is 13.5. The predicted octanol–water partition coefficient (Wildman–Crippen LogP) is 3.78. The van der Waals surface area contributed by atoms with Crippen molar-refractivity contribution >= 4 is 33.9 Å². The Morgan fingerprint density at radius 2 is 1.98 bits per heavy atom. The van der Waals surface area contributed by atoms with Crippen LogP contribution in [0, 0.1) is 11.8 Å². The standard InChI is InChI=1S/C33H41N7O4/c1-18-10-29(41)35-19(2)25-8-7-20-13-27(40(31(20)36-25)15-22-11-23(22)17-44-18)32-37-26-12-21(14-28(43-4)30(26)38(32)3)33(42)39-9-5-6-24(34)16-39/h7-8,12-14,18-19,22-24H,5-6,9-11,15-17,34H2,1-4H3,(H,35,41)/t18-,19+,22-,23-,24+/m0/s1. The lowest BCUT2D eigenvalue weighted by Gasteiger charge is -2.30. The van der Waals surface area contributed by atoms with Crippen LogP contribution in [-0.2, 0) is 23.1 Å². The highest BCUT2D eigenvalue weighted by Crippen LogP contribution is 2.43. The van der Waals surface area contributed by atoms with Gasteiger partial charge in [0, 0.05) is 43.7 Å². The lowest BCUT2D eigenvalue weighted by molar-refractivity contribution is -0.124. The number of carbonyl (C=O) groups excluding carboxylic acids is 2. The van der Waals surface area contributed by atoms with Gasteiger partial charge in [-0.25, -0.2) is 9.97 Å². The van der Waals surface area contributed by atoms with Crippen molar-refractivity contribution in [2.75, 3.05) is 26.8 Å². The number of ether oxygens (including phenoxy) is 2. The van der Waals surface area contributed by atoms with Crippen LogP contribution in [0.25, 0.3) is 33.6 Å². The molecule has 0 unspecified atom stereocenters. The van der Waals surface area contributed by atoms with Gasteiger partial charge in [-0.3, -0.25) is 9.59 Å². The molecule has 1 saturated carbocycles. The van der Waals surface area contributed by atoms with E-state index < -0.39 is 0 Å². The minimum absolute atomic E-state index is 0.000978. The van der Waals surface area contributed by atoms with E-state index in [4.69, 9.17) is 25.2 Å². The Morgan fingerprint density at radius 1 is 1.14 bits per heavy atom. The Kier molecular flexibility index (Phi) is 7.32. The average molecular weight is 600 g/mol. The monoisotopic (exact) mass is 599 g/mol. The Labute approximate surface area is 256 Å². The fourth-order valence-electron chi connectivity index (χ4n) is 6.90. The van der Waals surface area contributed by atoms with Crippen molar-refractivity contribution in [3.8, 4) is 17.3 Å². The third kappa shape index (κ3) is 5.21. The number of nitrogens with two attached hydrogens (primary N) is 1. The molecular weight excluding hydrogens is 558 g/mol. The van der Waals surface area contributed by atoms with E-state index in [1.54, 1.807) is 7.11 Å². The van der Waals surface area contributed by atoms with Crippen molar-refractivity contribution in [3.63, 3.8) is 0 Å². The molecule has 5 heterocycles. The third-order valence-electron chi connectivity index (χ3n) is 9.52. The first-order valence-electron chi connectivity index (χ1n) is 15.7. The number of fused-ring (bicyclic) bond motifs is 3. The van der Waals surface area contributed by atoms with Crippen LogP contribution in [0.4, 0.5) is 0 Å². The highest BCUT2D eigenvalue weighted by atomic mass is 16.5. The van der Waals surface area contributed by atoms with E-state index in [1.165, 1.54) is 0 Å². The molecule has 5 atom stereocenters. The number of rotatable bonds is 3. The summed E-state index contributed by atoms with van der Waals surface area (Å²) in [5.41, 5.74) is 10.9. The smallest absolute Gasteiger partial charge is 0.254 e. The first-order valence-corrected chi connectivity index (χ1v) is 15.7. The van der Waals surface area contributed by atoms with Crippen molar-refractivity contribution in [1.82, 2.24) is 29.3 Å². The molecule has 11 heteroatoms. The van der Waals surface area contributed by atoms with Crippen LogP contribution in [0.5, 0.6) is 5.75 Å². The zero-order valence-corrected chi connectivity index (χ0v) is 25.9. The summed E-state index contributed by atoms with van der Waals surface area (Å²) in [5.74, 6) is 2.16. The third-order valence-corrected chi connectivity index (χ3v) is 9.52. The molecule has 2 amide bonds. The van der Waals surface area contributed by atoms with Gasteiger partial charge in [-0.15, -0.1) is 0 Å². The lowest BCUT2D eigenvalue weighted by Crippen LogP contribution is -2.45. The number of imidazole rings is 1. The summed E-state index contributed by atoms with van der Waals surface area (Å²) in [4.78, 5) is 38.2. The number of hydrogen-bond acceptors (Lipinski definition) is 7. The molecule has 44 heavy (non-hydrogen) atoms. The molecule has 3 N–H and O–H groups in total. The summed E-state index contributed by atoms with van der Waals surface area (Å²) in [6, 6.07) is 9.63. The number of pyridine rings is 1. The number of aryl methyl sites for hydroxylation is 1. The van der Waals surface area contributed by atoms with Gasteiger partial charge in [0.05, 0.1) is 49.2 Å². The summed E-state index contributed by atoms with van der Waals surface area (Å²) in [5, 5.41) is 4.09. The lowest BCUT2D eigenvalue weighted by atomic mass is 10.0. The van der Waals surface area contributed by atoms with Gasteiger partial charge in [-0.2, -0.15) is 0 Å². The molecule has 1 aromatic carbocycles. The predicted molar refractivity (Wildman–Crippen MR) is 167 cm³/mol. The molecule has 1 saturated heterocycles. The zero-order valence-electron chi connectivity index (χ0n) is 25.9. The molecule has 2 bridgehead atoms. The second kappa shape index (κ2) is 11.2. The number of hydrogen-bond donors (Lipinski definition) is 2. The van der Waals surface area contributed by atoms with Crippen LogP contribution in [-0.4, -0.2) is 74.8 Å². The molecule has 0 spiro atoms. The molecule has 3 aromatic heterocycles. The highest BCUT2D eigenvalue weighted by Gasteiger charge is 2.39. The van der Waals surface area contributed by atoms with Gasteiger partial charge < -0.3 is 34.6 Å². The molecule has 11 nitrogen and oxygen atoms in total. The number of piperidine rings is 1. The normalized spacial score (nSPS) is 26.0. The van der Waals surface area contributed by atoms with Gasteiger partial charge in [0.2, 0.25) is 5.91 Å².